The smallest absolute Gasteiger partial charge is 0.270 e. The SMILES string of the molecule is CCNc1ccnc(C(=O)NC2CCSCC2)c1. The molecular formula is C13H19N3OS. The number of carbonyl (C=O) groups is 1. The summed E-state index contributed by atoms with van der Waals surface area (Å²) in [4.78, 5) is 16.2. The van der Waals surface area contributed by atoms with Crippen LogP contribution in [0.15, 0.2) is 18.3 Å². The highest BCUT2D eigenvalue weighted by Crippen LogP contribution is 2.17. The largest absolute Gasteiger partial charge is 0.385 e. The van der Waals surface area contributed by atoms with Gasteiger partial charge in [-0.15, -0.1) is 0 Å². The second-order valence-electron chi connectivity index (χ2n) is 4.32. The maximum atomic E-state index is 12.1. The summed E-state index contributed by atoms with van der Waals surface area (Å²) in [6.45, 7) is 2.87. The molecule has 0 unspecified atom stereocenters. The summed E-state index contributed by atoms with van der Waals surface area (Å²) in [6, 6.07) is 3.98. The van der Waals surface area contributed by atoms with E-state index in [1.807, 2.05) is 24.8 Å². The van der Waals surface area contributed by atoms with Gasteiger partial charge in [-0.2, -0.15) is 11.8 Å². The summed E-state index contributed by atoms with van der Waals surface area (Å²) >= 11 is 1.95. The first kappa shape index (κ1) is 13.2. The van der Waals surface area contributed by atoms with E-state index >= 15 is 0 Å². The molecule has 18 heavy (non-hydrogen) atoms. The maximum Gasteiger partial charge on any atom is 0.270 e. The van der Waals surface area contributed by atoms with Crippen molar-refractivity contribution >= 4 is 23.4 Å². The summed E-state index contributed by atoms with van der Waals surface area (Å²) in [5.74, 6) is 2.21. The van der Waals surface area contributed by atoms with E-state index in [4.69, 9.17) is 0 Å². The van der Waals surface area contributed by atoms with Gasteiger partial charge in [-0.1, -0.05) is 0 Å². The molecule has 0 aromatic carbocycles. The maximum absolute atomic E-state index is 12.1. The molecule has 5 heteroatoms. The Bertz CT molecular complexity index is 405. The van der Waals surface area contributed by atoms with Crippen LogP contribution in [0.5, 0.6) is 0 Å². The predicted octanol–water partition coefficient (Wildman–Crippen LogP) is 2.14. The third-order valence-electron chi connectivity index (χ3n) is 2.93. The summed E-state index contributed by atoms with van der Waals surface area (Å²) in [5, 5.41) is 6.25. The monoisotopic (exact) mass is 265 g/mol. The third kappa shape index (κ3) is 3.63. The van der Waals surface area contributed by atoms with E-state index in [0.29, 0.717) is 11.7 Å². The van der Waals surface area contributed by atoms with Crippen molar-refractivity contribution in [2.24, 2.45) is 0 Å². The van der Waals surface area contributed by atoms with Gasteiger partial charge in [0.05, 0.1) is 0 Å². The van der Waals surface area contributed by atoms with Gasteiger partial charge in [-0.05, 0) is 43.4 Å². The summed E-state index contributed by atoms with van der Waals surface area (Å²) < 4.78 is 0. The molecule has 1 amide bonds. The number of anilines is 1. The highest BCUT2D eigenvalue weighted by molar-refractivity contribution is 7.99. The fourth-order valence-corrected chi connectivity index (χ4v) is 3.08. The van der Waals surface area contributed by atoms with Crippen molar-refractivity contribution in [3.63, 3.8) is 0 Å². The first-order valence-electron chi connectivity index (χ1n) is 6.38. The molecule has 98 valence electrons. The van der Waals surface area contributed by atoms with Crippen LogP contribution in [-0.2, 0) is 0 Å². The Morgan fingerprint density at radius 2 is 2.28 bits per heavy atom. The molecule has 0 radical (unpaired) electrons. The summed E-state index contributed by atoms with van der Waals surface area (Å²) in [7, 11) is 0. The van der Waals surface area contributed by atoms with E-state index in [0.717, 1.165) is 36.6 Å². The van der Waals surface area contributed by atoms with E-state index in [1.165, 1.54) is 0 Å². The van der Waals surface area contributed by atoms with Crippen LogP contribution in [0.25, 0.3) is 0 Å². The number of hydrogen-bond donors (Lipinski definition) is 2. The van der Waals surface area contributed by atoms with E-state index in [1.54, 1.807) is 12.3 Å². The van der Waals surface area contributed by atoms with Crippen molar-refractivity contribution in [3.05, 3.63) is 24.0 Å². The van der Waals surface area contributed by atoms with Gasteiger partial charge >= 0.3 is 0 Å². The first-order valence-corrected chi connectivity index (χ1v) is 7.53. The predicted molar refractivity (Wildman–Crippen MR) is 76.2 cm³/mol. The Morgan fingerprint density at radius 1 is 1.50 bits per heavy atom. The Balaban J connectivity index is 1.96. The zero-order valence-corrected chi connectivity index (χ0v) is 11.4. The molecule has 0 spiro atoms. The average Bonchev–Trinajstić information content (AvgIpc) is 2.40. The molecule has 0 atom stereocenters. The molecule has 1 saturated heterocycles. The molecule has 0 saturated carbocycles. The van der Waals surface area contributed by atoms with Crippen molar-refractivity contribution in [1.82, 2.24) is 10.3 Å². The van der Waals surface area contributed by atoms with Crippen LogP contribution >= 0.6 is 11.8 Å². The zero-order chi connectivity index (χ0) is 12.8. The summed E-state index contributed by atoms with van der Waals surface area (Å²) in [5.41, 5.74) is 1.43. The van der Waals surface area contributed by atoms with Crippen LogP contribution in [-0.4, -0.2) is 35.0 Å². The molecule has 1 aromatic heterocycles. The minimum atomic E-state index is -0.0633. The van der Waals surface area contributed by atoms with Crippen LogP contribution in [0.4, 0.5) is 5.69 Å². The lowest BCUT2D eigenvalue weighted by molar-refractivity contribution is 0.0930. The average molecular weight is 265 g/mol. The normalized spacial score (nSPS) is 16.3. The number of nitrogens with one attached hydrogen (secondary N) is 2. The number of thioether (sulfide) groups is 1. The minimum absolute atomic E-state index is 0.0633. The molecule has 1 aliphatic rings. The Hall–Kier alpha value is -1.23. The highest BCUT2D eigenvalue weighted by Gasteiger charge is 2.17. The second kappa shape index (κ2) is 6.64. The van der Waals surface area contributed by atoms with Gasteiger partial charge in [0.1, 0.15) is 5.69 Å². The fraction of sp³-hybridized carbons (Fsp3) is 0.538. The molecule has 2 N–H and O–H groups in total. The first-order chi connectivity index (χ1) is 8.79. The number of amides is 1. The second-order valence-corrected chi connectivity index (χ2v) is 5.54. The van der Waals surface area contributed by atoms with Gasteiger partial charge in [-0.3, -0.25) is 9.78 Å². The quantitative estimate of drug-likeness (QED) is 0.876. The lowest BCUT2D eigenvalue weighted by Gasteiger charge is -2.22. The molecule has 2 rings (SSSR count). The number of pyridine rings is 1. The number of carbonyl (C=O) groups excluding carboxylic acids is 1. The van der Waals surface area contributed by atoms with Crippen LogP contribution in [0.3, 0.4) is 0 Å². The third-order valence-corrected chi connectivity index (χ3v) is 3.98. The van der Waals surface area contributed by atoms with Crippen molar-refractivity contribution < 1.29 is 4.79 Å². The van der Waals surface area contributed by atoms with Crippen LogP contribution in [0.2, 0.25) is 0 Å². The van der Waals surface area contributed by atoms with Gasteiger partial charge in [0.2, 0.25) is 0 Å². The van der Waals surface area contributed by atoms with Crippen molar-refractivity contribution in [3.8, 4) is 0 Å². The topological polar surface area (TPSA) is 54.0 Å². The number of rotatable bonds is 4. The highest BCUT2D eigenvalue weighted by atomic mass is 32.2. The number of nitrogens with zero attached hydrogens (tertiary/aromatic N) is 1. The Labute approximate surface area is 112 Å². The lowest BCUT2D eigenvalue weighted by Crippen LogP contribution is -2.37. The van der Waals surface area contributed by atoms with E-state index in [-0.39, 0.29) is 5.91 Å². The number of hydrogen-bond acceptors (Lipinski definition) is 4. The molecule has 1 aliphatic heterocycles. The van der Waals surface area contributed by atoms with Crippen molar-refractivity contribution in [2.75, 3.05) is 23.4 Å². The molecular weight excluding hydrogens is 246 g/mol. The Kier molecular flexibility index (Phi) is 4.87. The van der Waals surface area contributed by atoms with Gasteiger partial charge < -0.3 is 10.6 Å². The zero-order valence-electron chi connectivity index (χ0n) is 10.6. The molecule has 0 bridgehead atoms. The van der Waals surface area contributed by atoms with E-state index in [2.05, 4.69) is 15.6 Å². The van der Waals surface area contributed by atoms with Crippen molar-refractivity contribution in [1.29, 1.82) is 0 Å². The standard InChI is InChI=1S/C13H19N3OS/c1-2-14-11-3-6-15-12(9-11)13(17)16-10-4-7-18-8-5-10/h3,6,9-10H,2,4-5,7-8H2,1H3,(H,14,15)(H,16,17). The van der Waals surface area contributed by atoms with Crippen LogP contribution in [0, 0.1) is 0 Å². The van der Waals surface area contributed by atoms with Crippen LogP contribution < -0.4 is 10.6 Å². The van der Waals surface area contributed by atoms with Gasteiger partial charge in [0.25, 0.3) is 5.91 Å². The van der Waals surface area contributed by atoms with Crippen LogP contribution in [0.1, 0.15) is 30.3 Å². The molecule has 1 aromatic rings. The van der Waals surface area contributed by atoms with E-state index in [9.17, 15) is 4.79 Å². The van der Waals surface area contributed by atoms with Gasteiger partial charge in [0, 0.05) is 24.5 Å². The Morgan fingerprint density at radius 3 is 3.00 bits per heavy atom. The summed E-state index contributed by atoms with van der Waals surface area (Å²) in [6.07, 6.45) is 3.79. The molecule has 2 heterocycles. The van der Waals surface area contributed by atoms with Gasteiger partial charge in [-0.25, -0.2) is 0 Å². The van der Waals surface area contributed by atoms with Gasteiger partial charge in [0.15, 0.2) is 0 Å². The molecule has 1 fully saturated rings. The minimum Gasteiger partial charge on any atom is -0.385 e. The van der Waals surface area contributed by atoms with E-state index < -0.39 is 0 Å². The fourth-order valence-electron chi connectivity index (χ4n) is 1.97. The van der Waals surface area contributed by atoms with Crippen molar-refractivity contribution in [2.45, 2.75) is 25.8 Å². The molecule has 4 nitrogen and oxygen atoms in total. The molecule has 0 aliphatic carbocycles. The lowest BCUT2D eigenvalue weighted by atomic mass is 10.1. The number of aromatic nitrogens is 1.